The van der Waals surface area contributed by atoms with E-state index in [0.29, 0.717) is 6.61 Å². The quantitative estimate of drug-likeness (QED) is 0.581. The molecule has 0 aromatic heterocycles. The Kier molecular flexibility index (Phi) is 8.81. The Morgan fingerprint density at radius 1 is 0.850 bits per heavy atom. The van der Waals surface area contributed by atoms with E-state index in [4.69, 9.17) is 18.9 Å². The second-order valence-corrected chi connectivity index (χ2v) is 6.04. The average molecular weight is 294 g/mol. The highest BCUT2D eigenvalue weighted by atomic mass is 16.6. The molecule has 6 nitrogen and oxygen atoms in total. The van der Waals surface area contributed by atoms with E-state index in [-0.39, 0.29) is 19.8 Å². The van der Waals surface area contributed by atoms with Crippen molar-refractivity contribution in [3.63, 3.8) is 0 Å². The van der Waals surface area contributed by atoms with E-state index in [1.54, 1.807) is 13.8 Å². The summed E-state index contributed by atoms with van der Waals surface area (Å²) in [5.41, 5.74) is -1.30. The van der Waals surface area contributed by atoms with Gasteiger partial charge in [0.15, 0.2) is 0 Å². The molecule has 0 radical (unpaired) electrons. The predicted molar refractivity (Wildman–Crippen MR) is 75.8 cm³/mol. The predicted octanol–water partition coefficient (Wildman–Crippen LogP) is 0.591. The maximum Gasteiger partial charge on any atom is 0.106 e. The van der Waals surface area contributed by atoms with Gasteiger partial charge in [-0.05, 0) is 27.7 Å². The molecule has 0 fully saturated rings. The van der Waals surface area contributed by atoms with Crippen molar-refractivity contribution in [3.8, 4) is 0 Å². The smallest absolute Gasteiger partial charge is 0.106 e. The van der Waals surface area contributed by atoms with Crippen LogP contribution in [-0.4, -0.2) is 74.3 Å². The van der Waals surface area contributed by atoms with E-state index < -0.39 is 23.4 Å². The summed E-state index contributed by atoms with van der Waals surface area (Å²) < 4.78 is 21.1. The van der Waals surface area contributed by atoms with Crippen LogP contribution >= 0.6 is 0 Å². The summed E-state index contributed by atoms with van der Waals surface area (Å²) in [5.74, 6) is 0. The van der Waals surface area contributed by atoms with Crippen molar-refractivity contribution >= 4 is 0 Å². The lowest BCUT2D eigenvalue weighted by molar-refractivity contribution is -0.171. The van der Waals surface area contributed by atoms with Gasteiger partial charge in [-0.3, -0.25) is 0 Å². The monoisotopic (exact) mass is 294 g/mol. The van der Waals surface area contributed by atoms with E-state index in [2.05, 4.69) is 0 Å². The Morgan fingerprint density at radius 3 is 1.90 bits per heavy atom. The lowest BCUT2D eigenvalue weighted by Crippen LogP contribution is -2.46. The molecule has 2 atom stereocenters. The van der Waals surface area contributed by atoms with Crippen molar-refractivity contribution in [2.75, 3.05) is 40.6 Å². The zero-order chi connectivity index (χ0) is 15.8. The van der Waals surface area contributed by atoms with Crippen molar-refractivity contribution < 1.29 is 29.2 Å². The van der Waals surface area contributed by atoms with Gasteiger partial charge in [-0.2, -0.15) is 0 Å². The Balaban J connectivity index is 4.19. The topological polar surface area (TPSA) is 77.4 Å². The molecule has 0 aromatic rings. The van der Waals surface area contributed by atoms with E-state index in [9.17, 15) is 10.2 Å². The van der Waals surface area contributed by atoms with Gasteiger partial charge in [0.1, 0.15) is 12.2 Å². The minimum Gasteiger partial charge on any atom is -0.388 e. The zero-order valence-corrected chi connectivity index (χ0v) is 13.5. The van der Waals surface area contributed by atoms with E-state index in [0.717, 1.165) is 0 Å². The molecule has 0 rings (SSSR count). The molecule has 0 aliphatic rings. The second kappa shape index (κ2) is 8.92. The van der Waals surface area contributed by atoms with Gasteiger partial charge in [-0.25, -0.2) is 0 Å². The first-order valence-corrected chi connectivity index (χ1v) is 6.76. The minimum atomic E-state index is -0.734. The molecule has 0 bridgehead atoms. The molecule has 0 aliphatic carbocycles. The van der Waals surface area contributed by atoms with Crippen molar-refractivity contribution in [1.82, 2.24) is 0 Å². The van der Waals surface area contributed by atoms with Gasteiger partial charge in [0.2, 0.25) is 0 Å². The highest BCUT2D eigenvalue weighted by Gasteiger charge is 2.32. The molecule has 0 saturated heterocycles. The Hall–Kier alpha value is -0.240. The van der Waals surface area contributed by atoms with Crippen LogP contribution in [0.4, 0.5) is 0 Å². The fraction of sp³-hybridized carbons (Fsp3) is 1.00. The third kappa shape index (κ3) is 8.14. The van der Waals surface area contributed by atoms with Gasteiger partial charge in [0.05, 0.1) is 37.6 Å². The summed E-state index contributed by atoms with van der Waals surface area (Å²) in [6.45, 7) is 8.23. The van der Waals surface area contributed by atoms with Crippen LogP contribution < -0.4 is 0 Å². The van der Waals surface area contributed by atoms with Crippen LogP contribution in [0.15, 0.2) is 0 Å². The summed E-state index contributed by atoms with van der Waals surface area (Å²) in [5, 5.41) is 19.5. The Bertz CT molecular complexity index is 254. The lowest BCUT2D eigenvalue weighted by Gasteiger charge is -2.35. The third-order valence-corrected chi connectivity index (χ3v) is 2.94. The number of rotatable bonds is 11. The Morgan fingerprint density at radius 2 is 1.40 bits per heavy atom. The van der Waals surface area contributed by atoms with Gasteiger partial charge < -0.3 is 29.2 Å². The van der Waals surface area contributed by atoms with Crippen LogP contribution in [-0.2, 0) is 18.9 Å². The third-order valence-electron chi connectivity index (χ3n) is 2.94. The molecule has 0 amide bonds. The fourth-order valence-electron chi connectivity index (χ4n) is 1.42. The number of hydrogen-bond acceptors (Lipinski definition) is 6. The second-order valence-electron chi connectivity index (χ2n) is 6.04. The fourth-order valence-corrected chi connectivity index (χ4v) is 1.42. The molecule has 2 N–H and O–H groups in total. The average Bonchev–Trinajstić information content (AvgIpc) is 2.35. The van der Waals surface area contributed by atoms with Gasteiger partial charge in [0, 0.05) is 14.2 Å². The van der Waals surface area contributed by atoms with Crippen molar-refractivity contribution in [2.24, 2.45) is 0 Å². The van der Waals surface area contributed by atoms with Crippen LogP contribution in [0.1, 0.15) is 27.7 Å². The molecule has 0 spiro atoms. The lowest BCUT2D eigenvalue weighted by atomic mass is 10.0. The maximum atomic E-state index is 9.91. The molecular formula is C14H30O6. The van der Waals surface area contributed by atoms with E-state index >= 15 is 0 Å². The molecule has 0 saturated carbocycles. The number of hydrogen-bond donors (Lipinski definition) is 2. The number of methoxy groups -OCH3 is 2. The molecule has 6 heteroatoms. The van der Waals surface area contributed by atoms with Crippen molar-refractivity contribution in [3.05, 3.63) is 0 Å². The number of ether oxygens (including phenoxy) is 4. The molecule has 2 unspecified atom stereocenters. The molecule has 122 valence electrons. The summed E-state index contributed by atoms with van der Waals surface area (Å²) >= 11 is 0. The van der Waals surface area contributed by atoms with Gasteiger partial charge >= 0.3 is 0 Å². The Labute approximate surface area is 122 Å². The first kappa shape index (κ1) is 19.8. The molecule has 0 heterocycles. The normalized spacial score (nSPS) is 16.2. The molecular weight excluding hydrogens is 264 g/mol. The summed E-state index contributed by atoms with van der Waals surface area (Å²) in [7, 11) is 3.06. The van der Waals surface area contributed by atoms with E-state index in [1.807, 2.05) is 13.8 Å². The van der Waals surface area contributed by atoms with Crippen LogP contribution in [0.3, 0.4) is 0 Å². The number of aliphatic hydroxyl groups excluding tert-OH is 2. The molecule has 20 heavy (non-hydrogen) atoms. The van der Waals surface area contributed by atoms with Crippen LogP contribution in [0.5, 0.6) is 0 Å². The summed E-state index contributed by atoms with van der Waals surface area (Å²) in [4.78, 5) is 0. The number of aliphatic hydroxyl groups is 2. The van der Waals surface area contributed by atoms with Crippen LogP contribution in [0.2, 0.25) is 0 Å². The SMILES string of the molecule is COCC(O)COC(C)(C)COC(C)(C)C(O)COC. The van der Waals surface area contributed by atoms with Gasteiger partial charge in [-0.1, -0.05) is 0 Å². The van der Waals surface area contributed by atoms with Crippen molar-refractivity contribution in [2.45, 2.75) is 51.1 Å². The molecule has 0 aromatic carbocycles. The highest BCUT2D eigenvalue weighted by molar-refractivity contribution is 4.81. The standard InChI is InChI=1S/C14H30O6/c1-13(2,19-8-11(15)7-17-5)10-20-14(3,4)12(16)9-18-6/h11-12,15-16H,7-10H2,1-6H3. The summed E-state index contributed by atoms with van der Waals surface area (Å²) in [6, 6.07) is 0. The molecule has 0 aliphatic heterocycles. The summed E-state index contributed by atoms with van der Waals surface area (Å²) in [6.07, 6.45) is -1.38. The van der Waals surface area contributed by atoms with Crippen LogP contribution in [0.25, 0.3) is 0 Å². The van der Waals surface area contributed by atoms with Crippen LogP contribution in [0, 0.1) is 0 Å². The largest absolute Gasteiger partial charge is 0.388 e. The first-order valence-electron chi connectivity index (χ1n) is 6.76. The van der Waals surface area contributed by atoms with Crippen molar-refractivity contribution in [1.29, 1.82) is 0 Å². The zero-order valence-electron chi connectivity index (χ0n) is 13.5. The van der Waals surface area contributed by atoms with Gasteiger partial charge in [-0.15, -0.1) is 0 Å². The first-order chi connectivity index (χ1) is 9.14. The highest BCUT2D eigenvalue weighted by Crippen LogP contribution is 2.20. The van der Waals surface area contributed by atoms with Gasteiger partial charge in [0.25, 0.3) is 0 Å². The maximum absolute atomic E-state index is 9.91. The van der Waals surface area contributed by atoms with E-state index in [1.165, 1.54) is 14.2 Å². The minimum absolute atomic E-state index is 0.172.